The summed E-state index contributed by atoms with van der Waals surface area (Å²) in [4.78, 5) is 5.04. The third-order valence-electron chi connectivity index (χ3n) is 3.75. The number of aryl methyl sites for hydroxylation is 1. The first-order valence-electron chi connectivity index (χ1n) is 6.87. The molecule has 1 aliphatic rings. The van der Waals surface area contributed by atoms with Crippen molar-refractivity contribution in [2.45, 2.75) is 26.1 Å². The number of piperazine rings is 1. The lowest BCUT2D eigenvalue weighted by Gasteiger charge is -2.36. The fourth-order valence-corrected chi connectivity index (χ4v) is 2.87. The van der Waals surface area contributed by atoms with Crippen LogP contribution in [0.4, 0.5) is 5.69 Å². The van der Waals surface area contributed by atoms with Gasteiger partial charge in [0, 0.05) is 37.7 Å². The molecule has 3 heteroatoms. The highest BCUT2D eigenvalue weighted by atomic mass is 35.5. The summed E-state index contributed by atoms with van der Waals surface area (Å²) in [5.74, 6) is 0.608. The summed E-state index contributed by atoms with van der Waals surface area (Å²) < 4.78 is 0. The van der Waals surface area contributed by atoms with E-state index < -0.39 is 0 Å². The molecule has 2 nitrogen and oxygen atoms in total. The molecule has 0 atom stereocenters. The van der Waals surface area contributed by atoms with E-state index in [9.17, 15) is 0 Å². The van der Waals surface area contributed by atoms with Gasteiger partial charge < -0.3 is 4.90 Å². The Morgan fingerprint density at radius 1 is 1.17 bits per heavy atom. The highest BCUT2D eigenvalue weighted by molar-refractivity contribution is 6.17. The standard InChI is InChI=1S/C15H23ClN2/c1-3-6-17-7-9-18(10-8-17)15-5-4-14(12-16)13(2)11-15/h4-5,11H,3,6-10,12H2,1-2H3. The molecule has 0 N–H and O–H groups in total. The third kappa shape index (κ3) is 3.18. The minimum absolute atomic E-state index is 0.608. The van der Waals surface area contributed by atoms with Crippen molar-refractivity contribution in [3.8, 4) is 0 Å². The van der Waals surface area contributed by atoms with E-state index in [0.29, 0.717) is 5.88 Å². The van der Waals surface area contributed by atoms with Gasteiger partial charge in [0.05, 0.1) is 0 Å². The van der Waals surface area contributed by atoms with Crippen LogP contribution in [0.2, 0.25) is 0 Å². The van der Waals surface area contributed by atoms with Crippen molar-refractivity contribution in [1.82, 2.24) is 4.90 Å². The smallest absolute Gasteiger partial charge is 0.0476 e. The molecule has 2 rings (SSSR count). The van der Waals surface area contributed by atoms with Crippen molar-refractivity contribution < 1.29 is 0 Å². The van der Waals surface area contributed by atoms with Crippen molar-refractivity contribution in [2.24, 2.45) is 0 Å². The first kappa shape index (κ1) is 13.7. The molecular weight excluding hydrogens is 244 g/mol. The number of hydrogen-bond donors (Lipinski definition) is 0. The van der Waals surface area contributed by atoms with Gasteiger partial charge in [0.15, 0.2) is 0 Å². The van der Waals surface area contributed by atoms with Crippen LogP contribution in [-0.4, -0.2) is 37.6 Å². The Balaban J connectivity index is 1.99. The molecule has 1 saturated heterocycles. The molecule has 1 heterocycles. The van der Waals surface area contributed by atoms with Gasteiger partial charge in [-0.15, -0.1) is 11.6 Å². The first-order chi connectivity index (χ1) is 8.74. The largest absolute Gasteiger partial charge is 0.369 e. The van der Waals surface area contributed by atoms with Gasteiger partial charge in [-0.3, -0.25) is 4.90 Å². The zero-order valence-corrected chi connectivity index (χ0v) is 12.2. The lowest BCUT2D eigenvalue weighted by atomic mass is 10.1. The van der Waals surface area contributed by atoms with Crippen molar-refractivity contribution in [1.29, 1.82) is 0 Å². The molecule has 0 radical (unpaired) electrons. The second kappa shape index (κ2) is 6.44. The number of benzene rings is 1. The SMILES string of the molecule is CCCN1CCN(c2ccc(CCl)c(C)c2)CC1. The topological polar surface area (TPSA) is 6.48 Å². The molecule has 1 aromatic rings. The van der Waals surface area contributed by atoms with Gasteiger partial charge in [-0.05, 0) is 43.1 Å². The average Bonchev–Trinajstić information content (AvgIpc) is 2.40. The summed E-state index contributed by atoms with van der Waals surface area (Å²) in [7, 11) is 0. The van der Waals surface area contributed by atoms with Crippen molar-refractivity contribution >= 4 is 17.3 Å². The Bertz CT molecular complexity index is 384. The molecule has 0 aliphatic carbocycles. The van der Waals surface area contributed by atoms with E-state index in [1.165, 1.54) is 42.9 Å². The lowest BCUT2D eigenvalue weighted by Crippen LogP contribution is -2.46. The molecule has 18 heavy (non-hydrogen) atoms. The van der Waals surface area contributed by atoms with E-state index >= 15 is 0 Å². The van der Waals surface area contributed by atoms with Gasteiger partial charge in [0.1, 0.15) is 0 Å². The number of alkyl halides is 1. The summed E-state index contributed by atoms with van der Waals surface area (Å²) in [5.41, 5.74) is 3.89. The molecule has 1 fully saturated rings. The van der Waals surface area contributed by atoms with E-state index in [4.69, 9.17) is 11.6 Å². The van der Waals surface area contributed by atoms with Crippen LogP contribution < -0.4 is 4.90 Å². The molecule has 1 aliphatic heterocycles. The van der Waals surface area contributed by atoms with Crippen molar-refractivity contribution in [3.05, 3.63) is 29.3 Å². The number of rotatable bonds is 4. The minimum Gasteiger partial charge on any atom is -0.369 e. The third-order valence-corrected chi connectivity index (χ3v) is 4.04. The van der Waals surface area contributed by atoms with Crippen LogP contribution in [0.5, 0.6) is 0 Å². The number of anilines is 1. The minimum atomic E-state index is 0.608. The predicted molar refractivity (Wildman–Crippen MR) is 79.7 cm³/mol. The maximum absolute atomic E-state index is 5.90. The van der Waals surface area contributed by atoms with Gasteiger partial charge >= 0.3 is 0 Å². The summed E-state index contributed by atoms with van der Waals surface area (Å²) in [6.07, 6.45) is 1.25. The highest BCUT2D eigenvalue weighted by Gasteiger charge is 2.16. The molecule has 0 spiro atoms. The number of nitrogens with zero attached hydrogens (tertiary/aromatic N) is 2. The fraction of sp³-hybridized carbons (Fsp3) is 0.600. The molecule has 0 saturated carbocycles. The maximum atomic E-state index is 5.90. The lowest BCUT2D eigenvalue weighted by molar-refractivity contribution is 0.258. The van der Waals surface area contributed by atoms with Crippen LogP contribution in [0.3, 0.4) is 0 Å². The summed E-state index contributed by atoms with van der Waals surface area (Å²) in [6.45, 7) is 10.3. The molecule has 0 aromatic heterocycles. The Hall–Kier alpha value is -0.730. The van der Waals surface area contributed by atoms with Crippen LogP contribution in [0.25, 0.3) is 0 Å². The second-order valence-electron chi connectivity index (χ2n) is 5.07. The van der Waals surface area contributed by atoms with Crippen LogP contribution in [-0.2, 0) is 5.88 Å². The average molecular weight is 267 g/mol. The Morgan fingerprint density at radius 2 is 1.89 bits per heavy atom. The summed E-state index contributed by atoms with van der Waals surface area (Å²) >= 11 is 5.90. The van der Waals surface area contributed by atoms with E-state index in [2.05, 4.69) is 41.8 Å². The molecular formula is C15H23ClN2. The monoisotopic (exact) mass is 266 g/mol. The Kier molecular flexibility index (Phi) is 4.90. The Labute approximate surface area is 116 Å². The van der Waals surface area contributed by atoms with Crippen LogP contribution >= 0.6 is 11.6 Å². The fourth-order valence-electron chi connectivity index (χ4n) is 2.57. The van der Waals surface area contributed by atoms with Gasteiger partial charge in [0.2, 0.25) is 0 Å². The summed E-state index contributed by atoms with van der Waals surface area (Å²) in [5, 5.41) is 0. The van der Waals surface area contributed by atoms with Crippen LogP contribution in [0, 0.1) is 6.92 Å². The maximum Gasteiger partial charge on any atom is 0.0476 e. The quantitative estimate of drug-likeness (QED) is 0.772. The molecule has 1 aromatic carbocycles. The summed E-state index contributed by atoms with van der Waals surface area (Å²) in [6, 6.07) is 6.64. The van der Waals surface area contributed by atoms with Gasteiger partial charge in [-0.2, -0.15) is 0 Å². The predicted octanol–water partition coefficient (Wildman–Crippen LogP) is 3.27. The van der Waals surface area contributed by atoms with Crippen LogP contribution in [0.1, 0.15) is 24.5 Å². The zero-order valence-electron chi connectivity index (χ0n) is 11.5. The molecule has 100 valence electrons. The molecule has 0 amide bonds. The first-order valence-corrected chi connectivity index (χ1v) is 7.41. The van der Waals surface area contributed by atoms with Crippen LogP contribution in [0.15, 0.2) is 18.2 Å². The van der Waals surface area contributed by atoms with E-state index in [1.807, 2.05) is 0 Å². The molecule has 0 unspecified atom stereocenters. The van der Waals surface area contributed by atoms with E-state index in [-0.39, 0.29) is 0 Å². The van der Waals surface area contributed by atoms with E-state index in [1.54, 1.807) is 0 Å². The highest BCUT2D eigenvalue weighted by Crippen LogP contribution is 2.21. The van der Waals surface area contributed by atoms with Gasteiger partial charge in [0.25, 0.3) is 0 Å². The Morgan fingerprint density at radius 3 is 2.44 bits per heavy atom. The second-order valence-corrected chi connectivity index (χ2v) is 5.34. The van der Waals surface area contributed by atoms with Crippen molar-refractivity contribution in [2.75, 3.05) is 37.6 Å². The number of hydrogen-bond acceptors (Lipinski definition) is 2. The van der Waals surface area contributed by atoms with Crippen molar-refractivity contribution in [3.63, 3.8) is 0 Å². The number of halogens is 1. The normalized spacial score (nSPS) is 17.2. The van der Waals surface area contributed by atoms with Gasteiger partial charge in [-0.1, -0.05) is 13.0 Å². The van der Waals surface area contributed by atoms with E-state index in [0.717, 1.165) is 13.1 Å². The zero-order chi connectivity index (χ0) is 13.0. The van der Waals surface area contributed by atoms with Gasteiger partial charge in [-0.25, -0.2) is 0 Å². The molecule has 0 bridgehead atoms.